The van der Waals surface area contributed by atoms with Crippen molar-refractivity contribution in [2.45, 2.75) is 25.2 Å². The average Bonchev–Trinajstić information content (AvgIpc) is 2.89. The number of amidine groups is 1. The molecule has 7 heteroatoms. The second kappa shape index (κ2) is 9.02. The third kappa shape index (κ3) is 3.91. The van der Waals surface area contributed by atoms with Crippen LogP contribution in [0, 0.1) is 15.5 Å². The molecule has 2 N–H and O–H groups in total. The molecule has 0 aromatic heterocycles. The van der Waals surface area contributed by atoms with Gasteiger partial charge in [0.25, 0.3) is 5.69 Å². The Kier molecular flexibility index (Phi) is 5.74. The summed E-state index contributed by atoms with van der Waals surface area (Å²) in [6.45, 7) is 0. The minimum atomic E-state index is -0.801. The Balaban J connectivity index is 1.84. The standard InChI is InChI=1S/C28H23N3O4/c29-28-26(27(33)18-9-3-1-4-10-18)24(19-11-7-14-21(17-19)31(34)35)25-22(15-8-16-23(25)32)30(28)20-12-5-2-6-13-20/h1-7,9-14,17,24,29,33H,8,15-16H2/b27-26+,29-28?. The van der Waals surface area contributed by atoms with Gasteiger partial charge in [-0.3, -0.25) is 25.2 Å². The second-order valence-electron chi connectivity index (χ2n) is 8.57. The summed E-state index contributed by atoms with van der Waals surface area (Å²) in [5.74, 6) is -0.958. The van der Waals surface area contributed by atoms with E-state index in [0.717, 1.165) is 5.69 Å². The smallest absolute Gasteiger partial charge is 0.269 e. The van der Waals surface area contributed by atoms with Crippen molar-refractivity contribution in [1.29, 1.82) is 5.41 Å². The number of rotatable bonds is 4. The Labute approximate surface area is 202 Å². The monoisotopic (exact) mass is 465 g/mol. The minimum Gasteiger partial charge on any atom is -0.507 e. The molecule has 174 valence electrons. The Morgan fingerprint density at radius 3 is 2.34 bits per heavy atom. The van der Waals surface area contributed by atoms with Gasteiger partial charge in [-0.15, -0.1) is 0 Å². The number of non-ortho nitro benzene ring substituents is 1. The zero-order valence-electron chi connectivity index (χ0n) is 18.8. The van der Waals surface area contributed by atoms with Crippen LogP contribution in [0.15, 0.2) is 102 Å². The number of nitrogens with one attached hydrogen (secondary N) is 1. The highest BCUT2D eigenvalue weighted by Gasteiger charge is 2.43. The topological polar surface area (TPSA) is 108 Å². The maximum atomic E-state index is 13.4. The van der Waals surface area contributed by atoms with Crippen molar-refractivity contribution >= 4 is 28.8 Å². The lowest BCUT2D eigenvalue weighted by atomic mass is 9.73. The molecule has 1 atom stereocenters. The first-order valence-corrected chi connectivity index (χ1v) is 11.4. The van der Waals surface area contributed by atoms with Gasteiger partial charge in [-0.25, -0.2) is 0 Å². The highest BCUT2D eigenvalue weighted by Crippen LogP contribution is 2.48. The largest absolute Gasteiger partial charge is 0.507 e. The van der Waals surface area contributed by atoms with E-state index in [0.29, 0.717) is 41.7 Å². The van der Waals surface area contributed by atoms with E-state index in [-0.39, 0.29) is 28.6 Å². The van der Waals surface area contributed by atoms with E-state index in [1.165, 1.54) is 12.1 Å². The van der Waals surface area contributed by atoms with E-state index in [2.05, 4.69) is 0 Å². The van der Waals surface area contributed by atoms with Gasteiger partial charge in [0.05, 0.1) is 4.92 Å². The van der Waals surface area contributed by atoms with Crippen LogP contribution in [-0.2, 0) is 4.79 Å². The lowest BCUT2D eigenvalue weighted by Gasteiger charge is -2.41. The fourth-order valence-corrected chi connectivity index (χ4v) is 4.96. The summed E-state index contributed by atoms with van der Waals surface area (Å²) in [7, 11) is 0. The van der Waals surface area contributed by atoms with Crippen molar-refractivity contribution in [2.75, 3.05) is 4.90 Å². The number of anilines is 1. The quantitative estimate of drug-likeness (QED) is 0.273. The van der Waals surface area contributed by atoms with Gasteiger partial charge in [0.1, 0.15) is 11.6 Å². The van der Waals surface area contributed by atoms with Gasteiger partial charge in [0, 0.05) is 52.6 Å². The molecule has 3 aromatic rings. The van der Waals surface area contributed by atoms with Crippen LogP contribution in [0.25, 0.3) is 5.76 Å². The van der Waals surface area contributed by atoms with E-state index in [9.17, 15) is 25.4 Å². The lowest BCUT2D eigenvalue weighted by Crippen LogP contribution is -2.42. The summed E-state index contributed by atoms with van der Waals surface area (Å²) in [6.07, 6.45) is 1.59. The molecule has 0 amide bonds. The molecule has 0 radical (unpaired) electrons. The molecule has 7 nitrogen and oxygen atoms in total. The van der Waals surface area contributed by atoms with Gasteiger partial charge in [-0.05, 0) is 30.5 Å². The predicted octanol–water partition coefficient (Wildman–Crippen LogP) is 6.15. The van der Waals surface area contributed by atoms with E-state index in [4.69, 9.17) is 0 Å². The molecule has 1 heterocycles. The number of carbonyl (C=O) groups excluding carboxylic acids is 1. The molecule has 1 unspecified atom stereocenters. The van der Waals surface area contributed by atoms with Gasteiger partial charge < -0.3 is 5.11 Å². The van der Waals surface area contributed by atoms with Crippen molar-refractivity contribution in [3.8, 4) is 0 Å². The van der Waals surface area contributed by atoms with Crippen LogP contribution in [-0.4, -0.2) is 21.6 Å². The van der Waals surface area contributed by atoms with Crippen molar-refractivity contribution in [3.05, 3.63) is 123 Å². The maximum Gasteiger partial charge on any atom is 0.269 e. The second-order valence-corrected chi connectivity index (χ2v) is 8.57. The molecule has 0 saturated heterocycles. The van der Waals surface area contributed by atoms with Crippen molar-refractivity contribution in [3.63, 3.8) is 0 Å². The Hall–Kier alpha value is -4.52. The predicted molar refractivity (Wildman–Crippen MR) is 134 cm³/mol. The van der Waals surface area contributed by atoms with Gasteiger partial charge in [-0.2, -0.15) is 0 Å². The number of hydrogen-bond donors (Lipinski definition) is 2. The van der Waals surface area contributed by atoms with Gasteiger partial charge in [0.15, 0.2) is 5.78 Å². The van der Waals surface area contributed by atoms with Gasteiger partial charge >= 0.3 is 0 Å². The highest BCUT2D eigenvalue weighted by molar-refractivity contribution is 6.19. The highest BCUT2D eigenvalue weighted by atomic mass is 16.6. The molecule has 2 aliphatic rings. The van der Waals surface area contributed by atoms with Crippen molar-refractivity contribution < 1.29 is 14.8 Å². The summed E-state index contributed by atoms with van der Waals surface area (Å²) < 4.78 is 0. The number of para-hydroxylation sites is 1. The summed E-state index contributed by atoms with van der Waals surface area (Å²) in [5, 5.41) is 32.3. The molecule has 35 heavy (non-hydrogen) atoms. The zero-order valence-corrected chi connectivity index (χ0v) is 18.8. The molecule has 0 spiro atoms. The third-order valence-corrected chi connectivity index (χ3v) is 6.49. The molecule has 3 aromatic carbocycles. The molecule has 0 saturated carbocycles. The first-order valence-electron chi connectivity index (χ1n) is 11.4. The maximum absolute atomic E-state index is 13.4. The Morgan fingerprint density at radius 1 is 0.971 bits per heavy atom. The molecule has 1 aliphatic heterocycles. The molecular weight excluding hydrogens is 442 g/mol. The summed E-state index contributed by atoms with van der Waals surface area (Å²) in [6, 6.07) is 24.3. The zero-order chi connectivity index (χ0) is 24.5. The van der Waals surface area contributed by atoms with Crippen LogP contribution in [0.4, 0.5) is 11.4 Å². The lowest BCUT2D eigenvalue weighted by molar-refractivity contribution is -0.384. The van der Waals surface area contributed by atoms with Crippen LogP contribution in [0.3, 0.4) is 0 Å². The number of nitro benzene ring substituents is 1. The number of allylic oxidation sites excluding steroid dienone is 2. The first-order chi connectivity index (χ1) is 17.0. The Bertz CT molecular complexity index is 1390. The summed E-state index contributed by atoms with van der Waals surface area (Å²) in [5.41, 5.74) is 3.04. The number of Topliss-reactive ketones (excluding diaryl/α,β-unsaturated/α-hetero) is 1. The summed E-state index contributed by atoms with van der Waals surface area (Å²) in [4.78, 5) is 26.2. The molecule has 0 fully saturated rings. The number of ketones is 1. The molecule has 1 aliphatic carbocycles. The normalized spacial score (nSPS) is 19.4. The van der Waals surface area contributed by atoms with E-state index in [1.54, 1.807) is 41.3 Å². The number of hydrogen-bond acceptors (Lipinski definition) is 5. The number of carbonyl (C=O) groups is 1. The third-order valence-electron chi connectivity index (χ3n) is 6.49. The van der Waals surface area contributed by atoms with Crippen LogP contribution in [0.5, 0.6) is 0 Å². The molecule has 0 bridgehead atoms. The number of benzene rings is 3. The van der Waals surface area contributed by atoms with Crippen molar-refractivity contribution in [1.82, 2.24) is 0 Å². The SMILES string of the molecule is N=C1/C(=C(/O)c2ccccc2)C(c2cccc([N+](=O)[O-])c2)C2=C(CCCC2=O)N1c1ccccc1. The fraction of sp³-hybridized carbons (Fsp3) is 0.143. The number of nitro groups is 1. The van der Waals surface area contributed by atoms with Crippen LogP contribution in [0.1, 0.15) is 36.3 Å². The number of nitrogens with zero attached hydrogens (tertiary/aromatic N) is 2. The molecule has 5 rings (SSSR count). The molecular formula is C28H23N3O4. The van der Waals surface area contributed by atoms with E-state index in [1.807, 2.05) is 36.4 Å². The van der Waals surface area contributed by atoms with Crippen LogP contribution >= 0.6 is 0 Å². The van der Waals surface area contributed by atoms with E-state index >= 15 is 0 Å². The van der Waals surface area contributed by atoms with Crippen molar-refractivity contribution in [2.24, 2.45) is 0 Å². The fourth-order valence-electron chi connectivity index (χ4n) is 4.96. The average molecular weight is 466 g/mol. The number of aliphatic hydroxyl groups is 1. The van der Waals surface area contributed by atoms with Gasteiger partial charge in [0.2, 0.25) is 0 Å². The van der Waals surface area contributed by atoms with Crippen LogP contribution in [0.2, 0.25) is 0 Å². The number of aliphatic hydroxyl groups excluding tert-OH is 1. The van der Waals surface area contributed by atoms with E-state index < -0.39 is 10.8 Å². The Morgan fingerprint density at radius 2 is 1.66 bits per heavy atom. The first kappa shape index (κ1) is 22.3. The minimum absolute atomic E-state index is 0.0440. The van der Waals surface area contributed by atoms with Crippen LogP contribution < -0.4 is 4.90 Å². The van der Waals surface area contributed by atoms with Gasteiger partial charge in [-0.1, -0.05) is 60.7 Å². The summed E-state index contributed by atoms with van der Waals surface area (Å²) >= 11 is 0.